The highest BCUT2D eigenvalue weighted by Crippen LogP contribution is 2.32. The Morgan fingerprint density at radius 3 is 2.70 bits per heavy atom. The number of nitrogens with zero attached hydrogens (tertiary/aromatic N) is 1. The summed E-state index contributed by atoms with van der Waals surface area (Å²) in [4.78, 5) is 4.48. The SMILES string of the molecule is CCNc1nc(NC2CCOC(C)(C)C2)c(Cl)cc1Cl. The van der Waals surface area contributed by atoms with Gasteiger partial charge in [0.05, 0.1) is 15.6 Å². The molecule has 112 valence electrons. The third-order valence-electron chi connectivity index (χ3n) is 3.31. The number of aromatic nitrogens is 1. The lowest BCUT2D eigenvalue weighted by molar-refractivity contribution is -0.0553. The lowest BCUT2D eigenvalue weighted by Crippen LogP contribution is -2.40. The maximum atomic E-state index is 6.22. The maximum absolute atomic E-state index is 6.22. The first-order valence-corrected chi connectivity index (χ1v) is 7.67. The van der Waals surface area contributed by atoms with Crippen molar-refractivity contribution in [3.8, 4) is 0 Å². The van der Waals surface area contributed by atoms with Gasteiger partial charge in [-0.3, -0.25) is 0 Å². The highest BCUT2D eigenvalue weighted by Gasteiger charge is 2.29. The minimum absolute atomic E-state index is 0.112. The molecule has 1 fully saturated rings. The van der Waals surface area contributed by atoms with Gasteiger partial charge in [-0.2, -0.15) is 0 Å². The van der Waals surface area contributed by atoms with E-state index < -0.39 is 0 Å². The molecule has 0 amide bonds. The third kappa shape index (κ3) is 3.90. The zero-order valence-corrected chi connectivity index (χ0v) is 13.6. The molecule has 2 rings (SSSR count). The van der Waals surface area contributed by atoms with Crippen molar-refractivity contribution >= 4 is 34.8 Å². The molecule has 1 atom stereocenters. The van der Waals surface area contributed by atoms with Gasteiger partial charge in [-0.25, -0.2) is 4.98 Å². The van der Waals surface area contributed by atoms with E-state index in [4.69, 9.17) is 27.9 Å². The minimum Gasteiger partial charge on any atom is -0.375 e. The average molecular weight is 318 g/mol. The Hall–Kier alpha value is -0.710. The largest absolute Gasteiger partial charge is 0.375 e. The maximum Gasteiger partial charge on any atom is 0.147 e. The first-order valence-electron chi connectivity index (χ1n) is 6.91. The molecule has 6 heteroatoms. The molecule has 1 aromatic rings. The molecule has 1 aromatic heterocycles. The molecular weight excluding hydrogens is 297 g/mol. The van der Waals surface area contributed by atoms with Crippen LogP contribution in [0.4, 0.5) is 11.6 Å². The van der Waals surface area contributed by atoms with Gasteiger partial charge in [-0.1, -0.05) is 23.2 Å². The number of halogens is 2. The summed E-state index contributed by atoms with van der Waals surface area (Å²) in [6.07, 6.45) is 1.87. The van der Waals surface area contributed by atoms with Crippen molar-refractivity contribution in [3.63, 3.8) is 0 Å². The Morgan fingerprint density at radius 1 is 1.35 bits per heavy atom. The lowest BCUT2D eigenvalue weighted by Gasteiger charge is -2.36. The number of hydrogen-bond acceptors (Lipinski definition) is 4. The normalized spacial score (nSPS) is 21.6. The van der Waals surface area contributed by atoms with Crippen molar-refractivity contribution in [2.24, 2.45) is 0 Å². The van der Waals surface area contributed by atoms with E-state index in [9.17, 15) is 0 Å². The second-order valence-corrected chi connectivity index (χ2v) is 6.44. The van der Waals surface area contributed by atoms with Crippen LogP contribution in [-0.4, -0.2) is 29.8 Å². The van der Waals surface area contributed by atoms with E-state index >= 15 is 0 Å². The van der Waals surface area contributed by atoms with Crippen LogP contribution in [0.25, 0.3) is 0 Å². The fourth-order valence-electron chi connectivity index (χ4n) is 2.41. The number of rotatable bonds is 4. The van der Waals surface area contributed by atoms with Crippen molar-refractivity contribution in [1.29, 1.82) is 0 Å². The Morgan fingerprint density at radius 2 is 2.05 bits per heavy atom. The summed E-state index contributed by atoms with van der Waals surface area (Å²) in [7, 11) is 0. The van der Waals surface area contributed by atoms with Gasteiger partial charge in [0.15, 0.2) is 0 Å². The summed E-state index contributed by atoms with van der Waals surface area (Å²) in [6.45, 7) is 7.71. The van der Waals surface area contributed by atoms with Crippen LogP contribution >= 0.6 is 23.2 Å². The summed E-state index contributed by atoms with van der Waals surface area (Å²) in [5.74, 6) is 1.34. The van der Waals surface area contributed by atoms with Gasteiger partial charge in [0, 0.05) is 19.2 Å². The highest BCUT2D eigenvalue weighted by molar-refractivity contribution is 6.37. The Kier molecular flexibility index (Phi) is 4.99. The Labute approximate surface area is 130 Å². The van der Waals surface area contributed by atoms with Crippen LogP contribution < -0.4 is 10.6 Å². The van der Waals surface area contributed by atoms with Crippen molar-refractivity contribution in [1.82, 2.24) is 4.98 Å². The summed E-state index contributed by atoms with van der Waals surface area (Å²) < 4.78 is 5.72. The molecule has 0 radical (unpaired) electrons. The number of pyridine rings is 1. The summed E-state index contributed by atoms with van der Waals surface area (Å²) >= 11 is 12.3. The standard InChI is InChI=1S/C14H21Cl2N3O/c1-4-17-12-10(15)7-11(16)13(19-12)18-9-5-6-20-14(2,3)8-9/h7,9H,4-6,8H2,1-3H3,(H2,17,18,19). The van der Waals surface area contributed by atoms with Gasteiger partial charge in [-0.15, -0.1) is 0 Å². The molecule has 0 bridgehead atoms. The third-order valence-corrected chi connectivity index (χ3v) is 3.89. The number of ether oxygens (including phenoxy) is 1. The highest BCUT2D eigenvalue weighted by atomic mass is 35.5. The van der Waals surface area contributed by atoms with Gasteiger partial charge in [-0.05, 0) is 39.7 Å². The second kappa shape index (κ2) is 6.37. The van der Waals surface area contributed by atoms with Gasteiger partial charge in [0.2, 0.25) is 0 Å². The predicted molar refractivity (Wildman–Crippen MR) is 85.1 cm³/mol. The summed E-state index contributed by atoms with van der Waals surface area (Å²) in [5, 5.41) is 7.62. The molecule has 4 nitrogen and oxygen atoms in total. The molecule has 0 aliphatic carbocycles. The van der Waals surface area contributed by atoms with Crippen LogP contribution in [0.5, 0.6) is 0 Å². The fraction of sp³-hybridized carbons (Fsp3) is 0.643. The quantitative estimate of drug-likeness (QED) is 0.874. The zero-order valence-electron chi connectivity index (χ0n) is 12.1. The molecule has 2 N–H and O–H groups in total. The molecule has 20 heavy (non-hydrogen) atoms. The second-order valence-electron chi connectivity index (χ2n) is 5.62. The van der Waals surface area contributed by atoms with Crippen LogP contribution in [0.2, 0.25) is 10.0 Å². The van der Waals surface area contributed by atoms with Crippen LogP contribution in [0.1, 0.15) is 33.6 Å². The molecule has 1 aliphatic rings. The topological polar surface area (TPSA) is 46.2 Å². The van der Waals surface area contributed by atoms with Crippen LogP contribution in [0.3, 0.4) is 0 Å². The van der Waals surface area contributed by atoms with Gasteiger partial charge < -0.3 is 15.4 Å². The van der Waals surface area contributed by atoms with E-state index in [-0.39, 0.29) is 5.60 Å². The molecular formula is C14H21Cl2N3O. The first kappa shape index (κ1) is 15.7. The predicted octanol–water partition coefficient (Wildman–Crippen LogP) is 4.19. The van der Waals surface area contributed by atoms with E-state index in [0.29, 0.717) is 27.7 Å². The van der Waals surface area contributed by atoms with Crippen LogP contribution in [0.15, 0.2) is 6.07 Å². The van der Waals surface area contributed by atoms with E-state index in [1.54, 1.807) is 6.07 Å². The molecule has 0 aromatic carbocycles. The summed E-state index contributed by atoms with van der Waals surface area (Å²) in [5.41, 5.74) is -0.112. The van der Waals surface area contributed by atoms with E-state index in [2.05, 4.69) is 29.5 Å². The minimum atomic E-state index is -0.112. The monoisotopic (exact) mass is 317 g/mol. The molecule has 0 spiro atoms. The van der Waals surface area contributed by atoms with Gasteiger partial charge in [0.25, 0.3) is 0 Å². The summed E-state index contributed by atoms with van der Waals surface area (Å²) in [6, 6.07) is 2.03. The smallest absolute Gasteiger partial charge is 0.147 e. The molecule has 1 aliphatic heterocycles. The van der Waals surface area contributed by atoms with E-state index in [1.807, 2.05) is 6.92 Å². The molecule has 1 saturated heterocycles. The van der Waals surface area contributed by atoms with Gasteiger partial charge >= 0.3 is 0 Å². The average Bonchev–Trinajstić information content (AvgIpc) is 2.34. The molecule has 0 saturated carbocycles. The van der Waals surface area contributed by atoms with E-state index in [1.165, 1.54) is 0 Å². The lowest BCUT2D eigenvalue weighted by atomic mass is 9.94. The first-order chi connectivity index (χ1) is 9.41. The number of hydrogen-bond donors (Lipinski definition) is 2. The Balaban J connectivity index is 2.14. The number of nitrogens with one attached hydrogen (secondary N) is 2. The van der Waals surface area contributed by atoms with Crippen LogP contribution in [0, 0.1) is 0 Å². The zero-order chi connectivity index (χ0) is 14.8. The molecule has 2 heterocycles. The Bertz CT molecular complexity index is 480. The van der Waals surface area contributed by atoms with Crippen LogP contribution in [-0.2, 0) is 4.74 Å². The van der Waals surface area contributed by atoms with Crippen molar-refractivity contribution in [3.05, 3.63) is 16.1 Å². The van der Waals surface area contributed by atoms with Gasteiger partial charge in [0.1, 0.15) is 11.6 Å². The van der Waals surface area contributed by atoms with Crippen molar-refractivity contribution in [2.45, 2.75) is 45.3 Å². The van der Waals surface area contributed by atoms with Crippen molar-refractivity contribution in [2.75, 3.05) is 23.8 Å². The fourth-order valence-corrected chi connectivity index (χ4v) is 2.89. The van der Waals surface area contributed by atoms with Crippen molar-refractivity contribution < 1.29 is 4.74 Å². The number of anilines is 2. The van der Waals surface area contributed by atoms with E-state index in [0.717, 1.165) is 26.0 Å². The molecule has 1 unspecified atom stereocenters.